The van der Waals surface area contributed by atoms with Gasteiger partial charge in [0.15, 0.2) is 5.96 Å². The summed E-state index contributed by atoms with van der Waals surface area (Å²) in [4.78, 5) is 4.59. The number of aliphatic imine (C=N–C) groups is 1. The van der Waals surface area contributed by atoms with E-state index in [1.165, 1.54) is 32.1 Å². The third kappa shape index (κ3) is 7.06. The highest BCUT2D eigenvalue weighted by Crippen LogP contribution is 2.30. The minimum Gasteiger partial charge on any atom is -0.383 e. The van der Waals surface area contributed by atoms with E-state index in [1.54, 1.807) is 17.8 Å². The monoisotopic (exact) mass is 477 g/mol. The Morgan fingerprint density at radius 2 is 1.92 bits per heavy atom. The molecule has 7 heteroatoms. The predicted molar refractivity (Wildman–Crippen MR) is 118 cm³/mol. The average molecular weight is 477 g/mol. The van der Waals surface area contributed by atoms with E-state index < -0.39 is 5.60 Å². The highest BCUT2D eigenvalue weighted by molar-refractivity contribution is 14.0. The molecule has 1 aromatic rings. The fourth-order valence-corrected chi connectivity index (χ4v) is 3.45. The second kappa shape index (κ2) is 11.1. The van der Waals surface area contributed by atoms with Crippen molar-refractivity contribution in [3.05, 3.63) is 18.0 Å². The molecule has 0 saturated heterocycles. The van der Waals surface area contributed by atoms with Crippen molar-refractivity contribution in [3.8, 4) is 0 Å². The van der Waals surface area contributed by atoms with Gasteiger partial charge in [-0.05, 0) is 38.5 Å². The van der Waals surface area contributed by atoms with Crippen molar-refractivity contribution in [3.63, 3.8) is 0 Å². The van der Waals surface area contributed by atoms with Crippen LogP contribution in [0.1, 0.15) is 58.4 Å². The quantitative estimate of drug-likeness (QED) is 0.321. The van der Waals surface area contributed by atoms with Gasteiger partial charge in [-0.3, -0.25) is 4.68 Å². The van der Waals surface area contributed by atoms with Crippen molar-refractivity contribution in [2.24, 2.45) is 23.9 Å². The van der Waals surface area contributed by atoms with Crippen molar-refractivity contribution in [2.75, 3.05) is 19.6 Å². The molecule has 1 aliphatic rings. The first kappa shape index (κ1) is 23.2. The number of hydrogen-bond acceptors (Lipinski definition) is 3. The van der Waals surface area contributed by atoms with Gasteiger partial charge in [0.1, 0.15) is 5.60 Å². The van der Waals surface area contributed by atoms with Gasteiger partial charge in [0, 0.05) is 31.9 Å². The van der Waals surface area contributed by atoms with Crippen LogP contribution in [0, 0.1) is 11.8 Å². The molecule has 1 aromatic heterocycles. The second-order valence-electron chi connectivity index (χ2n) is 7.55. The zero-order valence-electron chi connectivity index (χ0n) is 16.7. The van der Waals surface area contributed by atoms with Gasteiger partial charge >= 0.3 is 0 Å². The van der Waals surface area contributed by atoms with Gasteiger partial charge in [-0.2, -0.15) is 5.10 Å². The molecule has 1 unspecified atom stereocenters. The number of aliphatic hydroxyl groups is 1. The van der Waals surface area contributed by atoms with Crippen molar-refractivity contribution < 1.29 is 5.11 Å². The van der Waals surface area contributed by atoms with Crippen molar-refractivity contribution in [2.45, 2.75) is 58.5 Å². The number of rotatable bonds is 7. The Kier molecular flexibility index (Phi) is 9.92. The zero-order valence-corrected chi connectivity index (χ0v) is 19.0. The van der Waals surface area contributed by atoms with Crippen LogP contribution in [0.5, 0.6) is 0 Å². The highest BCUT2D eigenvalue weighted by atomic mass is 127. The predicted octanol–water partition coefficient (Wildman–Crippen LogP) is 3.02. The van der Waals surface area contributed by atoms with Crippen molar-refractivity contribution in [1.82, 2.24) is 20.4 Å². The van der Waals surface area contributed by atoms with Crippen LogP contribution in [0.15, 0.2) is 17.4 Å². The summed E-state index contributed by atoms with van der Waals surface area (Å²) >= 11 is 0. The number of aryl methyl sites for hydroxylation is 1. The summed E-state index contributed by atoms with van der Waals surface area (Å²) in [6, 6.07) is 0. The zero-order chi connectivity index (χ0) is 18.3. The largest absolute Gasteiger partial charge is 0.383 e. The summed E-state index contributed by atoms with van der Waals surface area (Å²) in [7, 11) is 1.85. The minimum absolute atomic E-state index is 0. The van der Waals surface area contributed by atoms with Crippen LogP contribution in [0.2, 0.25) is 0 Å². The Morgan fingerprint density at radius 1 is 1.27 bits per heavy atom. The lowest BCUT2D eigenvalue weighted by atomic mass is 9.81. The van der Waals surface area contributed by atoms with Gasteiger partial charge < -0.3 is 15.7 Å². The van der Waals surface area contributed by atoms with E-state index in [4.69, 9.17) is 0 Å². The Bertz CT molecular complexity index is 550. The Balaban J connectivity index is 0.00000338. The molecule has 0 aliphatic heterocycles. The number of halogens is 1. The van der Waals surface area contributed by atoms with E-state index in [0.717, 1.165) is 36.4 Å². The molecule has 6 nitrogen and oxygen atoms in total. The first-order chi connectivity index (χ1) is 11.9. The van der Waals surface area contributed by atoms with Crippen LogP contribution in [-0.2, 0) is 12.6 Å². The van der Waals surface area contributed by atoms with Crippen LogP contribution in [0.25, 0.3) is 0 Å². The number of nitrogens with zero attached hydrogens (tertiary/aromatic N) is 3. The van der Waals surface area contributed by atoms with Crippen LogP contribution < -0.4 is 10.6 Å². The molecule has 1 heterocycles. The summed E-state index contributed by atoms with van der Waals surface area (Å²) in [5.74, 6) is 2.43. The number of nitrogens with one attached hydrogen (secondary N) is 2. The molecular formula is C19H36IN5O. The lowest BCUT2D eigenvalue weighted by molar-refractivity contribution is 0.0671. The molecule has 0 amide bonds. The smallest absolute Gasteiger partial charge is 0.191 e. The van der Waals surface area contributed by atoms with Gasteiger partial charge in [0.05, 0.1) is 12.7 Å². The van der Waals surface area contributed by atoms with Crippen molar-refractivity contribution >= 4 is 29.9 Å². The molecule has 0 aromatic carbocycles. The number of hydrogen-bond donors (Lipinski definition) is 3. The Labute approximate surface area is 175 Å². The van der Waals surface area contributed by atoms with Gasteiger partial charge in [0.25, 0.3) is 0 Å². The molecule has 1 saturated carbocycles. The van der Waals surface area contributed by atoms with E-state index in [0.29, 0.717) is 6.54 Å². The normalized spacial score (nSPS) is 23.0. The van der Waals surface area contributed by atoms with E-state index >= 15 is 0 Å². The van der Waals surface area contributed by atoms with E-state index in [-0.39, 0.29) is 24.0 Å². The maximum Gasteiger partial charge on any atom is 0.191 e. The maximum absolute atomic E-state index is 10.7. The first-order valence-corrected chi connectivity index (χ1v) is 9.68. The Morgan fingerprint density at radius 3 is 2.46 bits per heavy atom. The molecular weight excluding hydrogens is 441 g/mol. The molecule has 0 spiro atoms. The molecule has 1 atom stereocenters. The van der Waals surface area contributed by atoms with E-state index in [1.807, 2.05) is 13.2 Å². The van der Waals surface area contributed by atoms with Gasteiger partial charge in [-0.15, -0.1) is 24.0 Å². The highest BCUT2D eigenvalue weighted by Gasteiger charge is 2.25. The number of guanidine groups is 1. The fraction of sp³-hybridized carbons (Fsp3) is 0.789. The van der Waals surface area contributed by atoms with Gasteiger partial charge in [-0.25, -0.2) is 4.99 Å². The van der Waals surface area contributed by atoms with Crippen molar-refractivity contribution in [1.29, 1.82) is 0 Å². The summed E-state index contributed by atoms with van der Waals surface area (Å²) in [6.07, 6.45) is 10.2. The molecule has 1 aliphatic carbocycles. The lowest BCUT2D eigenvalue weighted by Crippen LogP contribution is -2.41. The SMILES string of the molecule is CCNC(=NCC(C)(O)c1cnn(C)c1)NCC1CCC(CC)CC1.I. The van der Waals surface area contributed by atoms with Crippen LogP contribution in [0.3, 0.4) is 0 Å². The standard InChI is InChI=1S/C19H35N5O.HI/c1-5-15-7-9-16(10-8-15)11-21-18(20-6-2)22-14-19(3,25)17-12-23-24(4)13-17;/h12-13,15-16,25H,5-11,14H2,1-4H3,(H2,20,21,22);1H. The number of aromatic nitrogens is 2. The summed E-state index contributed by atoms with van der Waals surface area (Å²) in [6.45, 7) is 8.21. The molecule has 3 N–H and O–H groups in total. The van der Waals surface area contributed by atoms with E-state index in [2.05, 4.69) is 34.6 Å². The summed E-state index contributed by atoms with van der Waals surface area (Å²) < 4.78 is 1.70. The van der Waals surface area contributed by atoms with Crippen LogP contribution >= 0.6 is 24.0 Å². The molecule has 1 fully saturated rings. The fourth-order valence-electron chi connectivity index (χ4n) is 3.45. The third-order valence-corrected chi connectivity index (χ3v) is 5.32. The molecule has 26 heavy (non-hydrogen) atoms. The average Bonchev–Trinajstić information content (AvgIpc) is 3.05. The summed E-state index contributed by atoms with van der Waals surface area (Å²) in [5, 5.41) is 21.5. The lowest BCUT2D eigenvalue weighted by Gasteiger charge is -2.28. The van der Waals surface area contributed by atoms with E-state index in [9.17, 15) is 5.11 Å². The second-order valence-corrected chi connectivity index (χ2v) is 7.55. The van der Waals surface area contributed by atoms with Gasteiger partial charge in [-0.1, -0.05) is 26.2 Å². The Hall–Kier alpha value is -0.830. The molecule has 150 valence electrons. The summed E-state index contributed by atoms with van der Waals surface area (Å²) in [5.41, 5.74) is -0.233. The first-order valence-electron chi connectivity index (χ1n) is 9.68. The third-order valence-electron chi connectivity index (χ3n) is 5.32. The topological polar surface area (TPSA) is 74.5 Å². The maximum atomic E-state index is 10.7. The van der Waals surface area contributed by atoms with Crippen LogP contribution in [-0.4, -0.2) is 40.5 Å². The molecule has 0 radical (unpaired) electrons. The minimum atomic E-state index is -1.02. The molecule has 2 rings (SSSR count). The molecule has 0 bridgehead atoms. The van der Waals surface area contributed by atoms with Crippen LogP contribution in [0.4, 0.5) is 0 Å². The van der Waals surface area contributed by atoms with Gasteiger partial charge in [0.2, 0.25) is 0 Å².